The van der Waals surface area contributed by atoms with Crippen LogP contribution in [0.15, 0.2) is 11.6 Å². The minimum absolute atomic E-state index is 0.201. The molecule has 68 valence electrons. The van der Waals surface area contributed by atoms with Crippen LogP contribution < -0.4 is 0 Å². The van der Waals surface area contributed by atoms with Gasteiger partial charge in [-0.25, -0.2) is 4.98 Å². The van der Waals surface area contributed by atoms with E-state index in [1.54, 1.807) is 11.3 Å². The summed E-state index contributed by atoms with van der Waals surface area (Å²) >= 11 is 1.65. The van der Waals surface area contributed by atoms with Gasteiger partial charge in [-0.2, -0.15) is 0 Å². The number of nitrogens with zero attached hydrogens (tertiary/aromatic N) is 2. The predicted molar refractivity (Wildman–Crippen MR) is 50.2 cm³/mol. The van der Waals surface area contributed by atoms with Gasteiger partial charge >= 0.3 is 0 Å². The Morgan fingerprint density at radius 1 is 1.75 bits per heavy atom. The van der Waals surface area contributed by atoms with Crippen molar-refractivity contribution in [3.8, 4) is 0 Å². The number of likely N-dealkylation sites (N-methyl/N-ethyl adjacent to an activating group) is 1. The summed E-state index contributed by atoms with van der Waals surface area (Å²) in [6.45, 7) is 2.99. The van der Waals surface area contributed by atoms with Crippen molar-refractivity contribution in [2.24, 2.45) is 0 Å². The van der Waals surface area contributed by atoms with Crippen LogP contribution in [0.1, 0.15) is 18.0 Å². The van der Waals surface area contributed by atoms with Gasteiger partial charge in [-0.15, -0.1) is 11.3 Å². The summed E-state index contributed by atoms with van der Waals surface area (Å²) in [5.41, 5.74) is 0. The molecule has 0 spiro atoms. The third-order valence-corrected chi connectivity index (χ3v) is 2.87. The lowest BCUT2D eigenvalue weighted by atomic mass is 10.3. The van der Waals surface area contributed by atoms with Crippen molar-refractivity contribution in [2.75, 3.05) is 20.2 Å². The zero-order valence-electron chi connectivity index (χ0n) is 7.40. The van der Waals surface area contributed by atoms with E-state index < -0.39 is 0 Å². The predicted octanol–water partition coefficient (Wildman–Crippen LogP) is 1.13. The standard InChI is InChI=1S/C8H14N2OS/c1-7(10(2)4-5-11)8-9-3-6-12-8/h3,6-7,11H,4-5H2,1-2H3/t7-/m1/s1. The molecule has 4 heteroatoms. The van der Waals surface area contributed by atoms with Crippen molar-refractivity contribution in [2.45, 2.75) is 13.0 Å². The number of aliphatic hydroxyl groups is 1. The SMILES string of the molecule is C[C@H](c1nccs1)N(C)CCO. The fourth-order valence-electron chi connectivity index (χ4n) is 0.981. The van der Waals surface area contributed by atoms with Crippen LogP contribution in [-0.4, -0.2) is 35.2 Å². The van der Waals surface area contributed by atoms with Gasteiger partial charge in [0.2, 0.25) is 0 Å². The van der Waals surface area contributed by atoms with Crippen molar-refractivity contribution in [3.63, 3.8) is 0 Å². The van der Waals surface area contributed by atoms with Crippen LogP contribution >= 0.6 is 11.3 Å². The molecule has 0 saturated carbocycles. The number of rotatable bonds is 4. The monoisotopic (exact) mass is 186 g/mol. The minimum Gasteiger partial charge on any atom is -0.395 e. The number of thiazole rings is 1. The highest BCUT2D eigenvalue weighted by molar-refractivity contribution is 7.09. The van der Waals surface area contributed by atoms with Crippen LogP contribution in [0.2, 0.25) is 0 Å². The molecule has 1 rings (SSSR count). The van der Waals surface area contributed by atoms with Crippen molar-refractivity contribution in [1.82, 2.24) is 9.88 Å². The second kappa shape index (κ2) is 4.54. The van der Waals surface area contributed by atoms with Crippen LogP contribution in [0, 0.1) is 0 Å². The summed E-state index contributed by atoms with van der Waals surface area (Å²) in [7, 11) is 1.99. The van der Waals surface area contributed by atoms with Crippen molar-refractivity contribution >= 4 is 11.3 Å². The van der Waals surface area contributed by atoms with E-state index in [0.29, 0.717) is 12.6 Å². The lowest BCUT2D eigenvalue weighted by molar-refractivity contribution is 0.188. The Bertz CT molecular complexity index is 213. The second-order valence-electron chi connectivity index (χ2n) is 2.75. The molecule has 0 amide bonds. The Labute approximate surface area is 76.7 Å². The van der Waals surface area contributed by atoms with E-state index in [4.69, 9.17) is 5.11 Å². The van der Waals surface area contributed by atoms with Gasteiger partial charge in [0.1, 0.15) is 5.01 Å². The highest BCUT2D eigenvalue weighted by Gasteiger charge is 2.12. The van der Waals surface area contributed by atoms with Crippen LogP contribution in [0.4, 0.5) is 0 Å². The molecule has 0 radical (unpaired) electrons. The third kappa shape index (κ3) is 2.27. The van der Waals surface area contributed by atoms with Gasteiger partial charge in [0.15, 0.2) is 0 Å². The molecule has 0 unspecified atom stereocenters. The first kappa shape index (κ1) is 9.64. The smallest absolute Gasteiger partial charge is 0.109 e. The molecular weight excluding hydrogens is 172 g/mol. The first-order valence-corrected chi connectivity index (χ1v) is 4.84. The zero-order chi connectivity index (χ0) is 8.97. The van der Waals surface area contributed by atoms with Gasteiger partial charge in [0.25, 0.3) is 0 Å². The molecule has 12 heavy (non-hydrogen) atoms. The summed E-state index contributed by atoms with van der Waals surface area (Å²) in [6.07, 6.45) is 1.81. The summed E-state index contributed by atoms with van der Waals surface area (Å²) < 4.78 is 0. The van der Waals surface area contributed by atoms with Crippen LogP contribution in [0.5, 0.6) is 0 Å². The molecule has 0 fully saturated rings. The molecule has 0 saturated heterocycles. The van der Waals surface area contributed by atoms with E-state index in [1.807, 2.05) is 18.6 Å². The normalized spacial score (nSPS) is 13.7. The molecule has 1 aromatic rings. The lowest BCUT2D eigenvalue weighted by Crippen LogP contribution is -2.25. The van der Waals surface area contributed by atoms with E-state index >= 15 is 0 Å². The van der Waals surface area contributed by atoms with Crippen LogP contribution in [0.25, 0.3) is 0 Å². The van der Waals surface area contributed by atoms with Crippen molar-refractivity contribution in [3.05, 3.63) is 16.6 Å². The average molecular weight is 186 g/mol. The largest absolute Gasteiger partial charge is 0.395 e. The number of aromatic nitrogens is 1. The van der Waals surface area contributed by atoms with Gasteiger partial charge in [-0.1, -0.05) is 0 Å². The second-order valence-corrected chi connectivity index (χ2v) is 3.68. The van der Waals surface area contributed by atoms with Crippen molar-refractivity contribution < 1.29 is 5.11 Å². The molecule has 0 aliphatic heterocycles. The molecule has 1 atom stereocenters. The summed E-state index contributed by atoms with van der Waals surface area (Å²) in [6, 6.07) is 0.303. The van der Waals surface area contributed by atoms with Crippen LogP contribution in [0.3, 0.4) is 0 Å². The molecular formula is C8H14N2OS. The van der Waals surface area contributed by atoms with E-state index in [0.717, 1.165) is 5.01 Å². The van der Waals surface area contributed by atoms with Gasteiger partial charge < -0.3 is 5.11 Å². The van der Waals surface area contributed by atoms with Crippen molar-refractivity contribution in [1.29, 1.82) is 0 Å². The van der Waals surface area contributed by atoms with Gasteiger partial charge in [0, 0.05) is 18.1 Å². The first-order valence-electron chi connectivity index (χ1n) is 3.96. The highest BCUT2D eigenvalue weighted by Crippen LogP contribution is 2.19. The summed E-state index contributed by atoms with van der Waals surface area (Å²) in [4.78, 5) is 6.30. The maximum Gasteiger partial charge on any atom is 0.109 e. The topological polar surface area (TPSA) is 36.4 Å². The van der Waals surface area contributed by atoms with Gasteiger partial charge in [0.05, 0.1) is 12.6 Å². The maximum absolute atomic E-state index is 8.72. The van der Waals surface area contributed by atoms with Crippen LogP contribution in [-0.2, 0) is 0 Å². The Morgan fingerprint density at radius 3 is 3.00 bits per heavy atom. The summed E-state index contributed by atoms with van der Waals surface area (Å²) in [5, 5.41) is 11.8. The van der Waals surface area contributed by atoms with Gasteiger partial charge in [-0.3, -0.25) is 4.90 Å². The fraction of sp³-hybridized carbons (Fsp3) is 0.625. The fourth-order valence-corrected chi connectivity index (χ4v) is 1.74. The average Bonchev–Trinajstić information content (AvgIpc) is 2.55. The first-order chi connectivity index (χ1) is 5.75. The lowest BCUT2D eigenvalue weighted by Gasteiger charge is -2.21. The zero-order valence-corrected chi connectivity index (χ0v) is 8.21. The minimum atomic E-state index is 0.201. The number of hydrogen-bond donors (Lipinski definition) is 1. The van der Waals surface area contributed by atoms with E-state index in [1.165, 1.54) is 0 Å². The van der Waals surface area contributed by atoms with E-state index in [-0.39, 0.29) is 6.61 Å². The van der Waals surface area contributed by atoms with E-state index in [9.17, 15) is 0 Å². The Balaban J connectivity index is 2.53. The van der Waals surface area contributed by atoms with Gasteiger partial charge in [-0.05, 0) is 14.0 Å². The molecule has 0 aliphatic rings. The Kier molecular flexibility index (Phi) is 3.65. The molecule has 0 bridgehead atoms. The molecule has 0 aliphatic carbocycles. The third-order valence-electron chi connectivity index (χ3n) is 1.92. The molecule has 1 N–H and O–H groups in total. The summed E-state index contributed by atoms with van der Waals surface area (Å²) in [5.74, 6) is 0. The molecule has 3 nitrogen and oxygen atoms in total. The molecule has 1 aromatic heterocycles. The Hall–Kier alpha value is -0.450. The Morgan fingerprint density at radius 2 is 2.50 bits per heavy atom. The number of hydrogen-bond acceptors (Lipinski definition) is 4. The number of aliphatic hydroxyl groups excluding tert-OH is 1. The maximum atomic E-state index is 8.72. The van der Waals surface area contributed by atoms with E-state index in [2.05, 4.69) is 16.8 Å². The molecule has 0 aromatic carbocycles. The highest BCUT2D eigenvalue weighted by atomic mass is 32.1. The molecule has 1 heterocycles. The quantitative estimate of drug-likeness (QED) is 0.765.